The molecule has 0 spiro atoms. The van der Waals surface area contributed by atoms with Crippen molar-refractivity contribution in [1.82, 2.24) is 20.6 Å². The van der Waals surface area contributed by atoms with E-state index >= 15 is 0 Å². The Balaban J connectivity index is 1.70. The number of nitrogens with one attached hydrogen (secondary N) is 2. The number of aromatic nitrogens is 3. The summed E-state index contributed by atoms with van der Waals surface area (Å²) in [5.74, 6) is 0.207. The van der Waals surface area contributed by atoms with E-state index in [4.69, 9.17) is 4.42 Å². The molecule has 2 N–H and O–H groups in total. The van der Waals surface area contributed by atoms with Gasteiger partial charge in [-0.15, -0.1) is 0 Å². The molecule has 0 unspecified atom stereocenters. The molecule has 0 bridgehead atoms. The molecular weight excluding hydrogens is 282 g/mol. The largest absolute Gasteiger partial charge is 0.463 e. The van der Waals surface area contributed by atoms with Crippen LogP contribution in [-0.4, -0.2) is 26.8 Å². The molecule has 7 nitrogen and oxygen atoms in total. The number of H-pyrrole nitrogens is 1. The van der Waals surface area contributed by atoms with E-state index in [2.05, 4.69) is 25.7 Å². The van der Waals surface area contributed by atoms with Crippen molar-refractivity contribution in [2.24, 2.45) is 5.10 Å². The number of amides is 1. The van der Waals surface area contributed by atoms with Gasteiger partial charge in [0.05, 0.1) is 12.0 Å². The molecule has 0 radical (unpaired) electrons. The summed E-state index contributed by atoms with van der Waals surface area (Å²) >= 11 is 0. The summed E-state index contributed by atoms with van der Waals surface area (Å²) in [6.07, 6.45) is 4.90. The standard InChI is InChI=1S/C15H13N5O2/c1-10(11-4-2-6-16-9-11)17-20-15(21)13-8-12(18-19-13)14-5-3-7-22-14/h2-9H,1H3,(H,18,19)(H,20,21). The fourth-order valence-corrected chi connectivity index (χ4v) is 1.83. The summed E-state index contributed by atoms with van der Waals surface area (Å²) in [4.78, 5) is 16.0. The highest BCUT2D eigenvalue weighted by molar-refractivity contribution is 6.00. The van der Waals surface area contributed by atoms with Gasteiger partial charge in [-0.1, -0.05) is 6.07 Å². The Bertz CT molecular complexity index is 790. The molecule has 0 aromatic carbocycles. The van der Waals surface area contributed by atoms with Crippen molar-refractivity contribution in [3.05, 3.63) is 60.2 Å². The lowest BCUT2D eigenvalue weighted by Gasteiger charge is -2.00. The lowest BCUT2D eigenvalue weighted by Crippen LogP contribution is -2.19. The molecule has 0 saturated carbocycles. The molecule has 3 aromatic heterocycles. The SMILES string of the molecule is CC(=NNC(=O)c1cc(-c2ccco2)[nH]n1)c1cccnc1. The summed E-state index contributed by atoms with van der Waals surface area (Å²) in [5.41, 5.74) is 4.81. The van der Waals surface area contributed by atoms with Gasteiger partial charge in [-0.2, -0.15) is 10.2 Å². The van der Waals surface area contributed by atoms with Gasteiger partial charge in [-0.25, -0.2) is 5.43 Å². The molecular formula is C15H13N5O2. The molecule has 3 heterocycles. The number of nitrogens with zero attached hydrogens (tertiary/aromatic N) is 3. The average Bonchev–Trinajstić information content (AvgIpc) is 3.23. The highest BCUT2D eigenvalue weighted by Gasteiger charge is 2.12. The zero-order chi connectivity index (χ0) is 15.4. The molecule has 0 fully saturated rings. The second kappa shape index (κ2) is 6.04. The lowest BCUT2D eigenvalue weighted by molar-refractivity contribution is 0.0950. The molecule has 22 heavy (non-hydrogen) atoms. The molecule has 0 aliphatic rings. The highest BCUT2D eigenvalue weighted by Crippen LogP contribution is 2.17. The van der Waals surface area contributed by atoms with Crippen molar-refractivity contribution < 1.29 is 9.21 Å². The molecule has 3 aromatic rings. The fraction of sp³-hybridized carbons (Fsp3) is 0.0667. The normalized spacial score (nSPS) is 11.4. The third-order valence-electron chi connectivity index (χ3n) is 3.00. The number of hydrogen-bond acceptors (Lipinski definition) is 5. The molecule has 110 valence electrons. The minimum atomic E-state index is -0.405. The first-order valence-corrected chi connectivity index (χ1v) is 6.58. The van der Waals surface area contributed by atoms with Gasteiger partial charge in [0.15, 0.2) is 11.5 Å². The maximum atomic E-state index is 12.0. The van der Waals surface area contributed by atoms with Gasteiger partial charge in [-0.3, -0.25) is 14.9 Å². The van der Waals surface area contributed by atoms with Crippen LogP contribution in [0.1, 0.15) is 23.0 Å². The quantitative estimate of drug-likeness (QED) is 0.569. The van der Waals surface area contributed by atoms with Crippen LogP contribution in [0.25, 0.3) is 11.5 Å². The van der Waals surface area contributed by atoms with E-state index in [0.29, 0.717) is 17.2 Å². The van der Waals surface area contributed by atoms with E-state index in [-0.39, 0.29) is 5.69 Å². The van der Waals surface area contributed by atoms with Crippen LogP contribution in [0.4, 0.5) is 0 Å². The predicted octanol–water partition coefficient (Wildman–Crippen LogP) is 2.22. The molecule has 0 saturated heterocycles. The van der Waals surface area contributed by atoms with Crippen LogP contribution in [-0.2, 0) is 0 Å². The number of rotatable bonds is 4. The zero-order valence-electron chi connectivity index (χ0n) is 11.8. The Kier molecular flexibility index (Phi) is 3.78. The van der Waals surface area contributed by atoms with Gasteiger partial charge in [0.25, 0.3) is 5.91 Å². The lowest BCUT2D eigenvalue weighted by atomic mass is 10.2. The van der Waals surface area contributed by atoms with Crippen LogP contribution >= 0.6 is 0 Å². The highest BCUT2D eigenvalue weighted by atomic mass is 16.3. The topological polar surface area (TPSA) is 96.2 Å². The van der Waals surface area contributed by atoms with E-state index in [1.807, 2.05) is 6.07 Å². The van der Waals surface area contributed by atoms with Crippen LogP contribution in [0.3, 0.4) is 0 Å². The second-order valence-corrected chi connectivity index (χ2v) is 4.52. The van der Waals surface area contributed by atoms with E-state index in [9.17, 15) is 4.79 Å². The maximum Gasteiger partial charge on any atom is 0.291 e. The molecule has 1 amide bonds. The van der Waals surface area contributed by atoms with Crippen LogP contribution in [0.5, 0.6) is 0 Å². The Morgan fingerprint density at radius 1 is 1.36 bits per heavy atom. The second-order valence-electron chi connectivity index (χ2n) is 4.52. The Hall–Kier alpha value is -3.22. The summed E-state index contributed by atoms with van der Waals surface area (Å²) in [7, 11) is 0. The van der Waals surface area contributed by atoms with E-state index in [1.54, 1.807) is 49.8 Å². The summed E-state index contributed by atoms with van der Waals surface area (Å²) in [5, 5.41) is 10.7. The van der Waals surface area contributed by atoms with Gasteiger partial charge < -0.3 is 4.42 Å². The molecule has 3 rings (SSSR count). The van der Waals surface area contributed by atoms with Crippen LogP contribution in [0, 0.1) is 0 Å². The van der Waals surface area contributed by atoms with Gasteiger partial charge in [-0.05, 0) is 25.1 Å². The maximum absolute atomic E-state index is 12.0. The van der Waals surface area contributed by atoms with Gasteiger partial charge >= 0.3 is 0 Å². The number of pyridine rings is 1. The van der Waals surface area contributed by atoms with Crippen LogP contribution in [0.2, 0.25) is 0 Å². The summed E-state index contributed by atoms with van der Waals surface area (Å²) < 4.78 is 5.23. The van der Waals surface area contributed by atoms with E-state index in [0.717, 1.165) is 5.56 Å². The minimum Gasteiger partial charge on any atom is -0.463 e. The van der Waals surface area contributed by atoms with Crippen molar-refractivity contribution in [2.45, 2.75) is 6.92 Å². The third kappa shape index (κ3) is 2.93. The fourth-order valence-electron chi connectivity index (χ4n) is 1.83. The van der Waals surface area contributed by atoms with E-state index < -0.39 is 5.91 Å². The van der Waals surface area contributed by atoms with Gasteiger partial charge in [0, 0.05) is 24.0 Å². The van der Waals surface area contributed by atoms with Crippen molar-refractivity contribution in [2.75, 3.05) is 0 Å². The Labute approximate surface area is 126 Å². The van der Waals surface area contributed by atoms with Crippen molar-refractivity contribution in [3.8, 4) is 11.5 Å². The third-order valence-corrected chi connectivity index (χ3v) is 3.00. The van der Waals surface area contributed by atoms with Crippen molar-refractivity contribution in [3.63, 3.8) is 0 Å². The minimum absolute atomic E-state index is 0.231. The summed E-state index contributed by atoms with van der Waals surface area (Å²) in [6.45, 7) is 1.79. The van der Waals surface area contributed by atoms with Gasteiger partial charge in [0.2, 0.25) is 0 Å². The molecule has 0 aliphatic heterocycles. The summed E-state index contributed by atoms with van der Waals surface area (Å²) in [6, 6.07) is 8.81. The van der Waals surface area contributed by atoms with Crippen molar-refractivity contribution in [1.29, 1.82) is 0 Å². The molecule has 7 heteroatoms. The first-order valence-electron chi connectivity index (χ1n) is 6.58. The Morgan fingerprint density at radius 3 is 3.00 bits per heavy atom. The van der Waals surface area contributed by atoms with E-state index in [1.165, 1.54) is 0 Å². The zero-order valence-corrected chi connectivity index (χ0v) is 11.8. The predicted molar refractivity (Wildman–Crippen MR) is 80.2 cm³/mol. The molecule has 0 aliphatic carbocycles. The van der Waals surface area contributed by atoms with Crippen LogP contribution < -0.4 is 5.43 Å². The number of hydrogen-bond donors (Lipinski definition) is 2. The monoisotopic (exact) mass is 295 g/mol. The number of carbonyl (C=O) groups is 1. The number of aromatic amines is 1. The smallest absolute Gasteiger partial charge is 0.291 e. The van der Waals surface area contributed by atoms with Gasteiger partial charge in [0.1, 0.15) is 5.69 Å². The molecule has 0 atom stereocenters. The Morgan fingerprint density at radius 2 is 2.27 bits per heavy atom. The first-order chi connectivity index (χ1) is 10.7. The average molecular weight is 295 g/mol. The van der Waals surface area contributed by atoms with Crippen LogP contribution in [0.15, 0.2) is 58.5 Å². The first kappa shape index (κ1) is 13.7. The van der Waals surface area contributed by atoms with Crippen molar-refractivity contribution >= 4 is 11.6 Å². The number of furan rings is 1. The number of hydrazone groups is 1. The number of carbonyl (C=O) groups excluding carboxylic acids is 1.